The van der Waals surface area contributed by atoms with Crippen LogP contribution < -0.4 is 0 Å². The monoisotopic (exact) mass is 354 g/mol. The first-order valence-electron chi connectivity index (χ1n) is 0. The van der Waals surface area contributed by atoms with E-state index in [4.69, 9.17) is 0 Å². The van der Waals surface area contributed by atoms with E-state index in [1.165, 1.54) is 0 Å². The van der Waals surface area contributed by atoms with Crippen molar-refractivity contribution in [3.05, 3.63) is 0 Å². The molecule has 0 aliphatic rings. The van der Waals surface area contributed by atoms with Crippen molar-refractivity contribution in [2.75, 3.05) is 0 Å². The molecule has 0 aromatic carbocycles. The van der Waals surface area contributed by atoms with Crippen molar-refractivity contribution < 1.29 is 8.56 Å². The molecule has 0 fully saturated rings. The van der Waals surface area contributed by atoms with Gasteiger partial charge in [0.1, 0.15) is 0 Å². The van der Waals surface area contributed by atoms with Crippen LogP contribution in [-0.2, 0) is 0 Å². The maximum atomic E-state index is 0. The largest absolute Gasteiger partial charge is 2.00 e. The average molecular weight is 353 g/mol. The molecule has 20 valence electrons. The normalized spacial score (nSPS) is 0. The summed E-state index contributed by atoms with van der Waals surface area (Å²) in [5, 5.41) is 0. The van der Waals surface area contributed by atoms with Gasteiger partial charge in [0.25, 0.3) is 0 Å². The molecule has 0 aliphatic heterocycles. The molecule has 0 aromatic rings. The number of hydrogen-bond acceptors (Lipinski definition) is 0. The first-order valence-corrected chi connectivity index (χ1v) is 0. The van der Waals surface area contributed by atoms with E-state index >= 15 is 0 Å². The van der Waals surface area contributed by atoms with Gasteiger partial charge in [-0.1, -0.05) is 0 Å². The Hall–Kier alpha value is 4.88. The van der Waals surface area contributed by atoms with Gasteiger partial charge in [-0.3, -0.25) is 0 Å². The van der Waals surface area contributed by atoms with Crippen molar-refractivity contribution in [1.29, 1.82) is 0 Å². The van der Waals surface area contributed by atoms with Crippen LogP contribution in [0.3, 0.4) is 0 Å². The molecule has 4 heavy (non-hydrogen) atoms. The van der Waals surface area contributed by atoms with Crippen molar-refractivity contribution in [2.45, 2.75) is 0 Å². The Morgan fingerprint density at radius 1 is 1.00 bits per heavy atom. The van der Waals surface area contributed by atoms with Gasteiger partial charge >= 0.3 is 140 Å². The molecule has 0 aromatic heterocycles. The molecule has 0 radical (unpaired) electrons. The first kappa shape index (κ1) is 23.2. The van der Waals surface area contributed by atoms with E-state index in [9.17, 15) is 0 Å². The number of hydrogen-bond donors (Lipinski definition) is 0. The molecule has 0 aliphatic carbocycles. The molecular formula is H8BaSSr2. The van der Waals surface area contributed by atoms with Gasteiger partial charge in [-0.2, -0.15) is 13.5 Å². The van der Waals surface area contributed by atoms with E-state index in [-0.39, 0.29) is 162 Å². The smallest absolute Gasteiger partial charge is 1.00 e. The molecule has 0 atom stereocenters. The predicted octanol–water partition coefficient (Wildman–Crippen LogP) is -0.355. The van der Waals surface area contributed by atoms with Crippen molar-refractivity contribution >= 4 is 153 Å². The van der Waals surface area contributed by atoms with Crippen LogP contribution in [0.5, 0.6) is 0 Å². The molecule has 0 spiro atoms. The van der Waals surface area contributed by atoms with E-state index in [0.717, 1.165) is 0 Å². The van der Waals surface area contributed by atoms with E-state index < -0.39 is 0 Å². The summed E-state index contributed by atoms with van der Waals surface area (Å²) < 4.78 is 0. The summed E-state index contributed by atoms with van der Waals surface area (Å²) >= 11 is 0. The van der Waals surface area contributed by atoms with Gasteiger partial charge in [-0.05, 0) is 0 Å². The Kier molecular flexibility index (Phi) is 90.7. The molecule has 4 heteroatoms. The maximum absolute atomic E-state index is 0. The average Bonchev–Trinajstić information content (AvgIpc) is 0. The molecule has 0 saturated carbocycles. The fraction of sp³-hybridized carbons (Fsp3) is 0. The van der Waals surface area contributed by atoms with Crippen LogP contribution >= 0.6 is 13.5 Å². The Bertz CT molecular complexity index is 15.7. The Morgan fingerprint density at radius 2 is 1.00 bits per heavy atom. The molecule has 0 heterocycles. The SMILES string of the molecule is S.[Ba+2].[H-].[H-].[H-].[H-].[H-].[H-].[Sr+2].[Sr+2]. The molecule has 0 N–H and O–H groups in total. The van der Waals surface area contributed by atoms with Crippen molar-refractivity contribution in [3.63, 3.8) is 0 Å². The summed E-state index contributed by atoms with van der Waals surface area (Å²) in [4.78, 5) is 0. The summed E-state index contributed by atoms with van der Waals surface area (Å²) in [6, 6.07) is 0. The minimum absolute atomic E-state index is 0. The molecule has 0 bridgehead atoms. The third-order valence-corrected chi connectivity index (χ3v) is 0. The number of rotatable bonds is 0. The van der Waals surface area contributed by atoms with Crippen LogP contribution in [0.2, 0.25) is 0 Å². The zero-order valence-electron chi connectivity index (χ0n) is 8.62. The Balaban J connectivity index is 0. The summed E-state index contributed by atoms with van der Waals surface area (Å²) in [6.45, 7) is 0. The van der Waals surface area contributed by atoms with E-state index in [1.54, 1.807) is 0 Å². The minimum Gasteiger partial charge on any atom is -1.00 e. The Labute approximate surface area is 157 Å². The molecule has 0 unspecified atom stereocenters. The second-order valence-electron chi connectivity index (χ2n) is 0. The zero-order valence-corrected chi connectivity index (χ0v) is 15.0. The topological polar surface area (TPSA) is 0 Å². The van der Waals surface area contributed by atoms with Crippen LogP contribution in [-0.4, -0.2) is 140 Å². The van der Waals surface area contributed by atoms with Gasteiger partial charge < -0.3 is 8.56 Å². The fourth-order valence-corrected chi connectivity index (χ4v) is 0. The van der Waals surface area contributed by atoms with Gasteiger partial charge in [0.2, 0.25) is 0 Å². The van der Waals surface area contributed by atoms with E-state index in [2.05, 4.69) is 0 Å². The molecule has 0 saturated heterocycles. The third-order valence-electron chi connectivity index (χ3n) is 0. The molecule has 0 rings (SSSR count). The third kappa shape index (κ3) is 9.99. The van der Waals surface area contributed by atoms with E-state index in [1.807, 2.05) is 0 Å². The first-order chi connectivity index (χ1) is 0. The second kappa shape index (κ2) is 15.7. The summed E-state index contributed by atoms with van der Waals surface area (Å²) in [5.74, 6) is 0. The quantitative estimate of drug-likeness (QED) is 0.523. The van der Waals surface area contributed by atoms with Gasteiger partial charge in [0.15, 0.2) is 0 Å². The molecular weight excluding hydrogens is 345 g/mol. The van der Waals surface area contributed by atoms with Crippen LogP contribution in [0.4, 0.5) is 0 Å². The molecule has 0 nitrogen and oxygen atoms in total. The van der Waals surface area contributed by atoms with Gasteiger partial charge in [0.05, 0.1) is 0 Å². The van der Waals surface area contributed by atoms with Crippen LogP contribution in [0.1, 0.15) is 8.56 Å². The molecule has 0 amide bonds. The summed E-state index contributed by atoms with van der Waals surface area (Å²) in [5.41, 5.74) is 0. The van der Waals surface area contributed by atoms with Gasteiger partial charge in [0, 0.05) is 0 Å². The van der Waals surface area contributed by atoms with Crippen molar-refractivity contribution in [2.24, 2.45) is 0 Å². The van der Waals surface area contributed by atoms with Crippen molar-refractivity contribution in [1.82, 2.24) is 0 Å². The fourth-order valence-electron chi connectivity index (χ4n) is 0. The van der Waals surface area contributed by atoms with Crippen LogP contribution in [0.25, 0.3) is 0 Å². The van der Waals surface area contributed by atoms with E-state index in [0.29, 0.717) is 0 Å². The predicted molar refractivity (Wildman–Crippen MR) is 34.3 cm³/mol. The minimum atomic E-state index is 0. The van der Waals surface area contributed by atoms with Crippen LogP contribution in [0, 0.1) is 0 Å². The van der Waals surface area contributed by atoms with Gasteiger partial charge in [-0.15, -0.1) is 0 Å². The van der Waals surface area contributed by atoms with Crippen molar-refractivity contribution in [3.8, 4) is 0 Å². The zero-order chi connectivity index (χ0) is 0. The van der Waals surface area contributed by atoms with Crippen LogP contribution in [0.15, 0.2) is 0 Å². The van der Waals surface area contributed by atoms with Gasteiger partial charge in [-0.25, -0.2) is 0 Å². The standard InChI is InChI=1S/Ba.H2S.2Sr.6H/h;1H2;;;;;;;;/q+2;;2*+2;6*-1. The maximum Gasteiger partial charge on any atom is 2.00 e. The summed E-state index contributed by atoms with van der Waals surface area (Å²) in [6.07, 6.45) is 0. The summed E-state index contributed by atoms with van der Waals surface area (Å²) in [7, 11) is 0. The second-order valence-corrected chi connectivity index (χ2v) is 0. The Morgan fingerprint density at radius 3 is 1.00 bits per heavy atom.